The molecule has 0 atom stereocenters. The van der Waals surface area contributed by atoms with Gasteiger partial charge in [-0.3, -0.25) is 4.90 Å². The minimum atomic E-state index is 0. The van der Waals surface area contributed by atoms with Crippen molar-refractivity contribution in [3.8, 4) is 0 Å². The molecule has 2 N–H and O–H groups in total. The van der Waals surface area contributed by atoms with E-state index in [2.05, 4.69) is 15.9 Å². The molecular formula is C14H24Cl3N3O. The summed E-state index contributed by atoms with van der Waals surface area (Å²) in [6, 6.07) is 8.04. The van der Waals surface area contributed by atoms with Crippen LogP contribution in [0.2, 0.25) is 5.02 Å². The summed E-state index contributed by atoms with van der Waals surface area (Å²) in [7, 11) is 0. The summed E-state index contributed by atoms with van der Waals surface area (Å²) >= 11 is 6.23. The van der Waals surface area contributed by atoms with Gasteiger partial charge in [0.2, 0.25) is 0 Å². The number of anilines is 1. The Kier molecular flexibility index (Phi) is 11.2. The minimum absolute atomic E-state index is 0. The minimum Gasteiger partial charge on any atom is -0.379 e. The summed E-state index contributed by atoms with van der Waals surface area (Å²) in [6.45, 7) is 7.13. The summed E-state index contributed by atoms with van der Waals surface area (Å²) in [4.78, 5) is 4.77. The number of para-hydroxylation sites is 1. The standard InChI is InChI=1S/C14H22ClN3O.2ClH/c15-13-3-1-2-4-14(13)18-8-6-17(7-9-18)10-12-19-11-5-16;;/h1-4H,5-12,16H2;2*1H. The van der Waals surface area contributed by atoms with Crippen molar-refractivity contribution in [2.45, 2.75) is 0 Å². The number of halogens is 3. The highest BCUT2D eigenvalue weighted by Gasteiger charge is 2.18. The lowest BCUT2D eigenvalue weighted by atomic mass is 10.2. The zero-order valence-corrected chi connectivity index (χ0v) is 14.4. The van der Waals surface area contributed by atoms with Crippen LogP contribution in [0.25, 0.3) is 0 Å². The van der Waals surface area contributed by atoms with Crippen molar-refractivity contribution in [3.05, 3.63) is 29.3 Å². The lowest BCUT2D eigenvalue weighted by Gasteiger charge is -2.36. The van der Waals surface area contributed by atoms with Gasteiger partial charge >= 0.3 is 0 Å². The van der Waals surface area contributed by atoms with Crippen LogP contribution in [0.15, 0.2) is 24.3 Å². The quantitative estimate of drug-likeness (QED) is 0.794. The highest BCUT2D eigenvalue weighted by atomic mass is 35.5. The van der Waals surface area contributed by atoms with Crippen molar-refractivity contribution < 1.29 is 4.74 Å². The predicted octanol–water partition coefficient (Wildman–Crippen LogP) is 2.28. The predicted molar refractivity (Wildman–Crippen MR) is 94.5 cm³/mol. The van der Waals surface area contributed by atoms with Gasteiger partial charge in [0.15, 0.2) is 0 Å². The van der Waals surface area contributed by atoms with Crippen LogP contribution in [0.5, 0.6) is 0 Å². The molecule has 0 saturated carbocycles. The first-order valence-electron chi connectivity index (χ1n) is 6.81. The molecule has 4 nitrogen and oxygen atoms in total. The molecule has 122 valence electrons. The Hall–Kier alpha value is -0.230. The monoisotopic (exact) mass is 355 g/mol. The first kappa shape index (κ1) is 20.8. The maximum atomic E-state index is 6.23. The topological polar surface area (TPSA) is 41.7 Å². The van der Waals surface area contributed by atoms with Gasteiger partial charge in [0.25, 0.3) is 0 Å². The second kappa shape index (κ2) is 11.4. The van der Waals surface area contributed by atoms with Crippen molar-refractivity contribution in [1.82, 2.24) is 4.90 Å². The van der Waals surface area contributed by atoms with Gasteiger partial charge in [0.1, 0.15) is 0 Å². The lowest BCUT2D eigenvalue weighted by molar-refractivity contribution is 0.107. The van der Waals surface area contributed by atoms with E-state index in [9.17, 15) is 0 Å². The molecule has 1 aromatic rings. The van der Waals surface area contributed by atoms with Gasteiger partial charge in [-0.15, -0.1) is 24.8 Å². The summed E-state index contributed by atoms with van der Waals surface area (Å²) in [5.41, 5.74) is 6.53. The Morgan fingerprint density at radius 2 is 1.71 bits per heavy atom. The average molecular weight is 357 g/mol. The highest BCUT2D eigenvalue weighted by molar-refractivity contribution is 6.33. The average Bonchev–Trinajstić information content (AvgIpc) is 2.45. The lowest BCUT2D eigenvalue weighted by Crippen LogP contribution is -2.47. The smallest absolute Gasteiger partial charge is 0.0639 e. The van der Waals surface area contributed by atoms with E-state index in [-0.39, 0.29) is 24.8 Å². The van der Waals surface area contributed by atoms with Crippen LogP contribution >= 0.6 is 36.4 Å². The molecule has 7 heteroatoms. The molecule has 21 heavy (non-hydrogen) atoms. The van der Waals surface area contributed by atoms with Crippen molar-refractivity contribution >= 4 is 42.1 Å². The van der Waals surface area contributed by atoms with Crippen LogP contribution in [0.1, 0.15) is 0 Å². The SMILES string of the molecule is Cl.Cl.NCCOCCN1CCN(c2ccccc2Cl)CC1. The van der Waals surface area contributed by atoms with Crippen molar-refractivity contribution in [3.63, 3.8) is 0 Å². The van der Waals surface area contributed by atoms with E-state index in [4.69, 9.17) is 22.1 Å². The molecule has 0 bridgehead atoms. The fraction of sp³-hybridized carbons (Fsp3) is 0.571. The number of nitrogens with two attached hydrogens (primary N) is 1. The molecule has 1 saturated heterocycles. The number of piperazine rings is 1. The molecule has 0 aliphatic carbocycles. The van der Waals surface area contributed by atoms with Crippen LogP contribution in [-0.2, 0) is 4.74 Å². The third kappa shape index (κ3) is 6.59. The van der Waals surface area contributed by atoms with E-state index in [1.807, 2.05) is 18.2 Å². The van der Waals surface area contributed by atoms with Crippen molar-refractivity contribution in [2.24, 2.45) is 5.73 Å². The molecule has 0 amide bonds. The van der Waals surface area contributed by atoms with Crippen LogP contribution in [0.4, 0.5) is 5.69 Å². The first-order chi connectivity index (χ1) is 9.31. The van der Waals surface area contributed by atoms with E-state index in [0.717, 1.165) is 50.0 Å². The highest BCUT2D eigenvalue weighted by Crippen LogP contribution is 2.25. The van der Waals surface area contributed by atoms with Crippen molar-refractivity contribution in [2.75, 3.05) is 57.4 Å². The molecule has 2 rings (SSSR count). The molecule has 1 heterocycles. The summed E-state index contributed by atoms with van der Waals surface area (Å²) < 4.78 is 5.41. The third-order valence-corrected chi connectivity index (χ3v) is 3.70. The molecule has 0 radical (unpaired) electrons. The van der Waals surface area contributed by atoms with E-state index < -0.39 is 0 Å². The number of rotatable bonds is 6. The third-order valence-electron chi connectivity index (χ3n) is 3.38. The largest absolute Gasteiger partial charge is 0.379 e. The number of hydrogen-bond donors (Lipinski definition) is 1. The zero-order chi connectivity index (χ0) is 13.5. The molecular weight excluding hydrogens is 333 g/mol. The fourth-order valence-electron chi connectivity index (χ4n) is 2.30. The van der Waals surface area contributed by atoms with E-state index in [0.29, 0.717) is 13.2 Å². The Balaban J connectivity index is 0.00000200. The zero-order valence-electron chi connectivity index (χ0n) is 12.0. The van der Waals surface area contributed by atoms with Crippen LogP contribution in [0, 0.1) is 0 Å². The van der Waals surface area contributed by atoms with Crippen molar-refractivity contribution in [1.29, 1.82) is 0 Å². The van der Waals surface area contributed by atoms with Gasteiger partial charge < -0.3 is 15.4 Å². The molecule has 1 aliphatic rings. The second-order valence-electron chi connectivity index (χ2n) is 4.68. The maximum Gasteiger partial charge on any atom is 0.0639 e. The number of nitrogens with zero attached hydrogens (tertiary/aromatic N) is 2. The summed E-state index contributed by atoms with van der Waals surface area (Å²) in [5.74, 6) is 0. The van der Waals surface area contributed by atoms with E-state index >= 15 is 0 Å². The van der Waals surface area contributed by atoms with E-state index in [1.165, 1.54) is 0 Å². The molecule has 1 aromatic carbocycles. The molecule has 0 spiro atoms. The van der Waals surface area contributed by atoms with Gasteiger partial charge in [0.05, 0.1) is 23.9 Å². The fourth-order valence-corrected chi connectivity index (χ4v) is 2.55. The summed E-state index contributed by atoms with van der Waals surface area (Å²) in [5, 5.41) is 0.835. The molecule has 0 unspecified atom stereocenters. The number of ether oxygens (including phenoxy) is 1. The van der Waals surface area contributed by atoms with Gasteiger partial charge in [-0.2, -0.15) is 0 Å². The van der Waals surface area contributed by atoms with Gasteiger partial charge in [-0.25, -0.2) is 0 Å². The van der Waals surface area contributed by atoms with Gasteiger partial charge in [0, 0.05) is 39.3 Å². The molecule has 0 aromatic heterocycles. The number of hydrogen-bond acceptors (Lipinski definition) is 4. The Bertz CT molecular complexity index is 387. The Labute approximate surface area is 144 Å². The Morgan fingerprint density at radius 3 is 2.33 bits per heavy atom. The van der Waals surface area contributed by atoms with Gasteiger partial charge in [-0.1, -0.05) is 23.7 Å². The van der Waals surface area contributed by atoms with E-state index in [1.54, 1.807) is 0 Å². The molecule has 1 aliphatic heterocycles. The second-order valence-corrected chi connectivity index (χ2v) is 5.09. The van der Waals surface area contributed by atoms with Crippen LogP contribution < -0.4 is 10.6 Å². The molecule has 1 fully saturated rings. The van der Waals surface area contributed by atoms with Gasteiger partial charge in [-0.05, 0) is 12.1 Å². The maximum absolute atomic E-state index is 6.23. The number of benzene rings is 1. The Morgan fingerprint density at radius 1 is 1.05 bits per heavy atom. The summed E-state index contributed by atoms with van der Waals surface area (Å²) in [6.07, 6.45) is 0. The van der Waals surface area contributed by atoms with Crippen LogP contribution in [0.3, 0.4) is 0 Å². The first-order valence-corrected chi connectivity index (χ1v) is 7.18. The normalized spacial score (nSPS) is 15.2. The van der Waals surface area contributed by atoms with Crippen LogP contribution in [-0.4, -0.2) is 57.4 Å².